The molecule has 0 fully saturated rings. The second kappa shape index (κ2) is 51.5. The molecule has 2 atom stereocenters. The third-order valence-electron chi connectivity index (χ3n) is 13.2. The Balaban J connectivity index is 3.45. The number of amides is 1. The predicted molar refractivity (Wildman–Crippen MR) is 264 cm³/mol. The monoisotopic (exact) mass is 864 g/mol. The van der Waals surface area contributed by atoms with Gasteiger partial charge in [-0.3, -0.25) is 9.59 Å². The van der Waals surface area contributed by atoms with Crippen molar-refractivity contribution in [3.05, 3.63) is 0 Å². The summed E-state index contributed by atoms with van der Waals surface area (Å²) in [5.74, 6) is -0.0681. The van der Waals surface area contributed by atoms with Crippen molar-refractivity contribution in [2.45, 2.75) is 328 Å². The second-order valence-corrected chi connectivity index (χ2v) is 19.3. The van der Waals surface area contributed by atoms with Crippen LogP contribution < -0.4 is 5.32 Å². The van der Waals surface area contributed by atoms with Crippen LogP contribution in [0.1, 0.15) is 316 Å². The van der Waals surface area contributed by atoms with Gasteiger partial charge < -0.3 is 20.3 Å². The minimum atomic E-state index is -0.677. The van der Waals surface area contributed by atoms with Crippen LogP contribution in [0.15, 0.2) is 0 Å². The van der Waals surface area contributed by atoms with Gasteiger partial charge in [0, 0.05) is 12.8 Å². The Labute approximate surface area is 381 Å². The quantitative estimate of drug-likeness (QED) is 0.0418. The van der Waals surface area contributed by atoms with Gasteiger partial charge in [-0.05, 0) is 25.7 Å². The molecule has 1 amide bonds. The number of esters is 1. The fourth-order valence-electron chi connectivity index (χ4n) is 8.88. The molecule has 0 radical (unpaired) electrons. The van der Waals surface area contributed by atoms with Gasteiger partial charge in [-0.1, -0.05) is 277 Å². The summed E-state index contributed by atoms with van der Waals surface area (Å²) in [5.41, 5.74) is 0. The average Bonchev–Trinajstić information content (AvgIpc) is 3.26. The number of aliphatic hydroxyl groups is 2. The lowest BCUT2D eigenvalue weighted by Crippen LogP contribution is -2.45. The van der Waals surface area contributed by atoms with Gasteiger partial charge >= 0.3 is 5.97 Å². The largest absolute Gasteiger partial charge is 0.466 e. The SMILES string of the molecule is CCCCCCCCCCCCCCCCCCCCC(O)C(CO)NC(=O)CCCCCCCCCCCCOC(=O)CCCCCCCCCCCCCCCCCC. The number of carbonyl (C=O) groups excluding carboxylic acids is 2. The van der Waals surface area contributed by atoms with Crippen molar-refractivity contribution < 1.29 is 24.5 Å². The molecule has 6 heteroatoms. The lowest BCUT2D eigenvalue weighted by atomic mass is 10.0. The molecule has 6 nitrogen and oxygen atoms in total. The molecule has 0 spiro atoms. The van der Waals surface area contributed by atoms with E-state index in [2.05, 4.69) is 19.2 Å². The van der Waals surface area contributed by atoms with Crippen LogP contribution in [0.4, 0.5) is 0 Å². The van der Waals surface area contributed by atoms with Gasteiger partial charge in [0.05, 0.1) is 25.4 Å². The molecule has 0 aromatic rings. The van der Waals surface area contributed by atoms with Gasteiger partial charge in [0.15, 0.2) is 0 Å². The highest BCUT2D eigenvalue weighted by Crippen LogP contribution is 2.18. The van der Waals surface area contributed by atoms with Gasteiger partial charge in [0.25, 0.3) is 0 Å². The summed E-state index contributed by atoms with van der Waals surface area (Å²) in [4.78, 5) is 24.5. The Morgan fingerprint density at radius 3 is 1.00 bits per heavy atom. The predicted octanol–water partition coefficient (Wildman–Crippen LogP) is 16.7. The van der Waals surface area contributed by atoms with Crippen LogP contribution >= 0.6 is 0 Å². The molecule has 3 N–H and O–H groups in total. The standard InChI is InChI=1S/C55H109NO5/c1-3-5-7-9-11-13-15-17-19-21-22-23-25-27-31-35-39-43-47-53(58)52(51-57)56-54(59)48-44-40-36-32-29-30-34-38-42-46-50-61-55(60)49-45-41-37-33-28-26-24-20-18-16-14-12-10-8-6-4-2/h52-53,57-58H,3-51H2,1-2H3,(H,56,59). The Morgan fingerprint density at radius 2 is 0.672 bits per heavy atom. The molecule has 0 bridgehead atoms. The van der Waals surface area contributed by atoms with Gasteiger partial charge in [-0.25, -0.2) is 0 Å². The maximum absolute atomic E-state index is 12.5. The van der Waals surface area contributed by atoms with Gasteiger partial charge in [0.1, 0.15) is 0 Å². The number of unbranched alkanes of at least 4 members (excludes halogenated alkanes) is 41. The topological polar surface area (TPSA) is 95.9 Å². The number of carbonyl (C=O) groups is 2. The van der Waals surface area contributed by atoms with Crippen molar-refractivity contribution in [2.75, 3.05) is 13.2 Å². The molecule has 0 heterocycles. The highest BCUT2D eigenvalue weighted by atomic mass is 16.5. The Kier molecular flexibility index (Phi) is 50.5. The molecule has 0 aliphatic carbocycles. The molecule has 2 unspecified atom stereocenters. The van der Waals surface area contributed by atoms with Crippen LogP contribution in [-0.2, 0) is 14.3 Å². The zero-order valence-electron chi connectivity index (χ0n) is 41.4. The molecular weight excluding hydrogens is 755 g/mol. The van der Waals surface area contributed by atoms with Crippen molar-refractivity contribution in [3.8, 4) is 0 Å². The van der Waals surface area contributed by atoms with Crippen molar-refractivity contribution in [1.82, 2.24) is 5.32 Å². The Hall–Kier alpha value is -1.14. The smallest absolute Gasteiger partial charge is 0.305 e. The number of rotatable bonds is 52. The van der Waals surface area contributed by atoms with E-state index in [1.165, 1.54) is 225 Å². The third kappa shape index (κ3) is 48.2. The van der Waals surface area contributed by atoms with Crippen LogP contribution in [0.25, 0.3) is 0 Å². The summed E-state index contributed by atoms with van der Waals surface area (Å²) in [6.07, 6.45) is 57.9. The minimum absolute atomic E-state index is 0.0142. The molecule has 364 valence electrons. The van der Waals surface area contributed by atoms with Gasteiger partial charge in [-0.15, -0.1) is 0 Å². The Bertz CT molecular complexity index is 867. The number of aliphatic hydroxyl groups excluding tert-OH is 2. The van der Waals surface area contributed by atoms with E-state index < -0.39 is 12.1 Å². The highest BCUT2D eigenvalue weighted by molar-refractivity contribution is 5.76. The number of nitrogens with one attached hydrogen (secondary N) is 1. The first-order chi connectivity index (χ1) is 30.0. The first-order valence-corrected chi connectivity index (χ1v) is 27.8. The first-order valence-electron chi connectivity index (χ1n) is 27.8. The number of hydrogen-bond acceptors (Lipinski definition) is 5. The van der Waals surface area contributed by atoms with E-state index in [0.717, 1.165) is 57.8 Å². The van der Waals surface area contributed by atoms with E-state index in [-0.39, 0.29) is 18.5 Å². The van der Waals surface area contributed by atoms with E-state index in [0.29, 0.717) is 25.9 Å². The molecule has 0 rings (SSSR count). The lowest BCUT2D eigenvalue weighted by molar-refractivity contribution is -0.143. The summed E-state index contributed by atoms with van der Waals surface area (Å²) in [6, 6.07) is -0.557. The maximum atomic E-state index is 12.5. The molecule has 0 aromatic heterocycles. The number of hydrogen-bond donors (Lipinski definition) is 3. The molecule has 0 aliphatic heterocycles. The molecular formula is C55H109NO5. The first kappa shape index (κ1) is 59.9. The minimum Gasteiger partial charge on any atom is -0.466 e. The van der Waals surface area contributed by atoms with E-state index in [1.807, 2.05) is 0 Å². The van der Waals surface area contributed by atoms with Crippen molar-refractivity contribution >= 4 is 11.9 Å². The third-order valence-corrected chi connectivity index (χ3v) is 13.2. The number of ether oxygens (including phenoxy) is 1. The summed E-state index contributed by atoms with van der Waals surface area (Å²) in [7, 11) is 0. The molecule has 0 aromatic carbocycles. The van der Waals surface area contributed by atoms with Gasteiger partial charge in [-0.2, -0.15) is 0 Å². The van der Waals surface area contributed by atoms with Crippen LogP contribution in [-0.4, -0.2) is 47.4 Å². The summed E-state index contributed by atoms with van der Waals surface area (Å²) in [6.45, 7) is 4.93. The maximum Gasteiger partial charge on any atom is 0.305 e. The summed E-state index contributed by atoms with van der Waals surface area (Å²) in [5, 5.41) is 23.3. The molecule has 0 saturated carbocycles. The fraction of sp³-hybridized carbons (Fsp3) is 0.964. The van der Waals surface area contributed by atoms with E-state index >= 15 is 0 Å². The normalized spacial score (nSPS) is 12.5. The van der Waals surface area contributed by atoms with Crippen molar-refractivity contribution in [1.29, 1.82) is 0 Å². The van der Waals surface area contributed by atoms with Crippen LogP contribution in [0.2, 0.25) is 0 Å². The van der Waals surface area contributed by atoms with E-state index in [1.54, 1.807) is 0 Å². The highest BCUT2D eigenvalue weighted by Gasteiger charge is 2.20. The Morgan fingerprint density at radius 1 is 0.393 bits per heavy atom. The van der Waals surface area contributed by atoms with Crippen LogP contribution in [0.3, 0.4) is 0 Å². The van der Waals surface area contributed by atoms with Crippen LogP contribution in [0, 0.1) is 0 Å². The van der Waals surface area contributed by atoms with Crippen molar-refractivity contribution in [3.63, 3.8) is 0 Å². The van der Waals surface area contributed by atoms with E-state index in [9.17, 15) is 19.8 Å². The fourth-order valence-corrected chi connectivity index (χ4v) is 8.88. The molecule has 0 saturated heterocycles. The van der Waals surface area contributed by atoms with Gasteiger partial charge in [0.2, 0.25) is 5.91 Å². The molecule has 0 aliphatic rings. The average molecular weight is 864 g/mol. The van der Waals surface area contributed by atoms with E-state index in [4.69, 9.17) is 4.74 Å². The second-order valence-electron chi connectivity index (χ2n) is 19.3. The van der Waals surface area contributed by atoms with Crippen molar-refractivity contribution in [2.24, 2.45) is 0 Å². The lowest BCUT2D eigenvalue weighted by Gasteiger charge is -2.22. The van der Waals surface area contributed by atoms with Crippen LogP contribution in [0.5, 0.6) is 0 Å². The summed E-state index contributed by atoms with van der Waals surface area (Å²) >= 11 is 0. The molecule has 61 heavy (non-hydrogen) atoms. The summed E-state index contributed by atoms with van der Waals surface area (Å²) < 4.78 is 5.47. The zero-order valence-corrected chi connectivity index (χ0v) is 41.4. The zero-order chi connectivity index (χ0) is 44.4.